The molecular weight excluding hydrogens is 304 g/mol. The second-order valence-electron chi connectivity index (χ2n) is 5.16. The predicted octanol–water partition coefficient (Wildman–Crippen LogP) is 3.76. The van der Waals surface area contributed by atoms with Crippen LogP contribution in [0.2, 0.25) is 0 Å². The predicted molar refractivity (Wildman–Crippen MR) is 83.9 cm³/mol. The first-order valence-electron chi connectivity index (χ1n) is 6.51. The monoisotopic (exact) mass is 324 g/mol. The molecule has 0 bridgehead atoms. The molecule has 0 atom stereocenters. The Morgan fingerprint density at radius 1 is 1.37 bits per heavy atom. The number of rotatable bonds is 4. The highest BCUT2D eigenvalue weighted by atomic mass is 79.9. The van der Waals surface area contributed by atoms with Crippen molar-refractivity contribution in [2.75, 3.05) is 7.11 Å². The van der Waals surface area contributed by atoms with E-state index in [9.17, 15) is 0 Å². The molecule has 0 aliphatic rings. The minimum Gasteiger partial charge on any atom is -0.495 e. The van der Waals surface area contributed by atoms with Crippen LogP contribution in [0.1, 0.15) is 25.1 Å². The van der Waals surface area contributed by atoms with Crippen molar-refractivity contribution in [1.29, 1.82) is 0 Å². The van der Waals surface area contributed by atoms with Gasteiger partial charge in [-0.15, -0.1) is 0 Å². The van der Waals surface area contributed by atoms with E-state index >= 15 is 0 Å². The van der Waals surface area contributed by atoms with Gasteiger partial charge in [0, 0.05) is 35.2 Å². The van der Waals surface area contributed by atoms with E-state index in [1.165, 1.54) is 16.6 Å². The first kappa shape index (κ1) is 14.4. The topological polar surface area (TPSA) is 26.2 Å². The fourth-order valence-corrected chi connectivity index (χ4v) is 3.28. The number of benzene rings is 1. The minimum atomic E-state index is 0.466. The van der Waals surface area contributed by atoms with Crippen LogP contribution in [0.4, 0.5) is 0 Å². The molecule has 1 aromatic carbocycles. The summed E-state index contributed by atoms with van der Waals surface area (Å²) in [6.07, 6.45) is 0. The van der Waals surface area contributed by atoms with Crippen molar-refractivity contribution in [1.82, 2.24) is 9.88 Å². The molecule has 0 unspecified atom stereocenters. The van der Waals surface area contributed by atoms with E-state index in [-0.39, 0.29) is 0 Å². The Labute approximate surface area is 123 Å². The first-order valence-corrected chi connectivity index (χ1v) is 7.30. The van der Waals surface area contributed by atoms with Gasteiger partial charge in [-0.2, -0.15) is 0 Å². The standard InChI is InChI=1S/C15H21BrN2O/c1-9(2)17-8-11-14(16)13-10(3)6-7-12(19-5)15(13)18(11)4/h6-7,9,17H,8H2,1-5H3. The van der Waals surface area contributed by atoms with Crippen LogP contribution in [0.15, 0.2) is 16.6 Å². The molecule has 0 amide bonds. The molecule has 4 heteroatoms. The second kappa shape index (κ2) is 5.55. The SMILES string of the molecule is COc1ccc(C)c2c(Br)c(CNC(C)C)n(C)c12. The zero-order valence-corrected chi connectivity index (χ0v) is 13.8. The summed E-state index contributed by atoms with van der Waals surface area (Å²) in [5, 5.41) is 4.71. The van der Waals surface area contributed by atoms with E-state index in [4.69, 9.17) is 4.74 Å². The number of aryl methyl sites for hydroxylation is 2. The quantitative estimate of drug-likeness (QED) is 0.926. The molecule has 1 aromatic heterocycles. The van der Waals surface area contributed by atoms with Crippen molar-refractivity contribution in [3.63, 3.8) is 0 Å². The third-order valence-corrected chi connectivity index (χ3v) is 4.31. The summed E-state index contributed by atoms with van der Waals surface area (Å²) in [5.41, 5.74) is 3.65. The highest BCUT2D eigenvalue weighted by Gasteiger charge is 2.18. The highest BCUT2D eigenvalue weighted by molar-refractivity contribution is 9.10. The molecule has 0 radical (unpaired) electrons. The molecule has 1 N–H and O–H groups in total. The molecule has 1 heterocycles. The van der Waals surface area contributed by atoms with Gasteiger partial charge in [-0.25, -0.2) is 0 Å². The average molecular weight is 325 g/mol. The van der Waals surface area contributed by atoms with Crippen molar-refractivity contribution in [3.05, 3.63) is 27.9 Å². The van der Waals surface area contributed by atoms with Crippen LogP contribution in [-0.2, 0) is 13.6 Å². The molecule has 0 aliphatic heterocycles. The maximum Gasteiger partial charge on any atom is 0.143 e. The summed E-state index contributed by atoms with van der Waals surface area (Å²) in [4.78, 5) is 0. The number of hydrogen-bond acceptors (Lipinski definition) is 2. The average Bonchev–Trinajstić information content (AvgIpc) is 2.61. The van der Waals surface area contributed by atoms with Crippen LogP contribution < -0.4 is 10.1 Å². The van der Waals surface area contributed by atoms with E-state index in [1.54, 1.807) is 7.11 Å². The van der Waals surface area contributed by atoms with Crippen LogP contribution in [0.25, 0.3) is 10.9 Å². The van der Waals surface area contributed by atoms with Crippen molar-refractivity contribution in [2.45, 2.75) is 33.4 Å². The summed E-state index contributed by atoms with van der Waals surface area (Å²) in [7, 11) is 3.81. The smallest absolute Gasteiger partial charge is 0.143 e. The maximum absolute atomic E-state index is 5.50. The van der Waals surface area contributed by atoms with E-state index in [0.29, 0.717) is 6.04 Å². The molecule has 2 rings (SSSR count). The summed E-state index contributed by atoms with van der Waals surface area (Å²) >= 11 is 3.75. The minimum absolute atomic E-state index is 0.466. The van der Waals surface area contributed by atoms with Gasteiger partial charge in [0.1, 0.15) is 5.75 Å². The molecule has 0 aliphatic carbocycles. The number of fused-ring (bicyclic) bond motifs is 1. The number of hydrogen-bond donors (Lipinski definition) is 1. The number of ether oxygens (including phenoxy) is 1. The molecule has 3 nitrogen and oxygen atoms in total. The molecular formula is C15H21BrN2O. The van der Waals surface area contributed by atoms with Gasteiger partial charge >= 0.3 is 0 Å². The fraction of sp³-hybridized carbons (Fsp3) is 0.467. The number of methoxy groups -OCH3 is 1. The van der Waals surface area contributed by atoms with Crippen LogP contribution in [0.3, 0.4) is 0 Å². The number of nitrogens with one attached hydrogen (secondary N) is 1. The van der Waals surface area contributed by atoms with Gasteiger partial charge in [0.15, 0.2) is 0 Å². The van der Waals surface area contributed by atoms with Gasteiger partial charge in [-0.3, -0.25) is 0 Å². The number of aromatic nitrogens is 1. The van der Waals surface area contributed by atoms with E-state index in [0.717, 1.165) is 22.3 Å². The Morgan fingerprint density at radius 3 is 2.63 bits per heavy atom. The van der Waals surface area contributed by atoms with Gasteiger partial charge in [0.05, 0.1) is 12.6 Å². The summed E-state index contributed by atoms with van der Waals surface area (Å²) in [6, 6.07) is 4.60. The van der Waals surface area contributed by atoms with E-state index in [2.05, 4.69) is 59.7 Å². The lowest BCUT2D eigenvalue weighted by Crippen LogP contribution is -2.23. The largest absolute Gasteiger partial charge is 0.495 e. The molecule has 0 saturated carbocycles. The lowest BCUT2D eigenvalue weighted by molar-refractivity contribution is 0.417. The molecule has 104 valence electrons. The Hall–Kier alpha value is -1.00. The molecule has 19 heavy (non-hydrogen) atoms. The van der Waals surface area contributed by atoms with E-state index < -0.39 is 0 Å². The zero-order chi connectivity index (χ0) is 14.2. The highest BCUT2D eigenvalue weighted by Crippen LogP contribution is 2.37. The summed E-state index contributed by atoms with van der Waals surface area (Å²) in [5.74, 6) is 0.916. The van der Waals surface area contributed by atoms with Crippen molar-refractivity contribution >= 4 is 26.8 Å². The lowest BCUT2D eigenvalue weighted by Gasteiger charge is -2.10. The van der Waals surface area contributed by atoms with Crippen molar-refractivity contribution in [3.8, 4) is 5.75 Å². The third kappa shape index (κ3) is 2.51. The van der Waals surface area contributed by atoms with E-state index in [1.807, 2.05) is 6.07 Å². The van der Waals surface area contributed by atoms with Crippen LogP contribution >= 0.6 is 15.9 Å². The molecule has 0 saturated heterocycles. The zero-order valence-electron chi connectivity index (χ0n) is 12.2. The Bertz CT molecular complexity index is 602. The Morgan fingerprint density at radius 2 is 2.05 bits per heavy atom. The van der Waals surface area contributed by atoms with Gasteiger partial charge in [0.2, 0.25) is 0 Å². The number of halogens is 1. The normalized spacial score (nSPS) is 11.5. The first-order chi connectivity index (χ1) is 8.97. The van der Waals surface area contributed by atoms with Crippen LogP contribution in [0, 0.1) is 6.92 Å². The Balaban J connectivity index is 2.64. The van der Waals surface area contributed by atoms with Gasteiger partial charge in [0.25, 0.3) is 0 Å². The second-order valence-corrected chi connectivity index (χ2v) is 5.96. The van der Waals surface area contributed by atoms with Crippen molar-refractivity contribution < 1.29 is 4.74 Å². The molecule has 0 spiro atoms. The lowest BCUT2D eigenvalue weighted by atomic mass is 10.1. The summed E-state index contributed by atoms with van der Waals surface area (Å²) < 4.78 is 8.87. The van der Waals surface area contributed by atoms with Gasteiger partial charge < -0.3 is 14.6 Å². The summed E-state index contributed by atoms with van der Waals surface area (Å²) in [6.45, 7) is 7.28. The Kier molecular flexibility index (Phi) is 4.21. The van der Waals surface area contributed by atoms with Crippen LogP contribution in [0.5, 0.6) is 5.75 Å². The van der Waals surface area contributed by atoms with Crippen LogP contribution in [-0.4, -0.2) is 17.7 Å². The molecule has 0 fully saturated rings. The van der Waals surface area contributed by atoms with Gasteiger partial charge in [-0.05, 0) is 34.5 Å². The third-order valence-electron chi connectivity index (χ3n) is 3.46. The van der Waals surface area contributed by atoms with Crippen molar-refractivity contribution in [2.24, 2.45) is 7.05 Å². The molecule has 2 aromatic rings. The number of nitrogens with zero attached hydrogens (tertiary/aromatic N) is 1. The fourth-order valence-electron chi connectivity index (χ4n) is 2.37. The van der Waals surface area contributed by atoms with Gasteiger partial charge in [-0.1, -0.05) is 19.9 Å². The maximum atomic E-state index is 5.50.